The molecule has 3 heterocycles. The average molecular weight is 503 g/mol. The molecular formula is C36H26N2O. The van der Waals surface area contributed by atoms with Gasteiger partial charge in [0.25, 0.3) is 0 Å². The van der Waals surface area contributed by atoms with Crippen LogP contribution in [0.25, 0.3) is 60.6 Å². The van der Waals surface area contributed by atoms with Gasteiger partial charge >= 0.3 is 0 Å². The predicted molar refractivity (Wildman–Crippen MR) is 162 cm³/mol. The molecule has 39 heavy (non-hydrogen) atoms. The highest BCUT2D eigenvalue weighted by molar-refractivity contribution is 6.16. The Labute approximate surface area is 226 Å². The minimum Gasteiger partial charge on any atom is -0.456 e. The molecule has 0 bridgehead atoms. The smallest absolute Gasteiger partial charge is 0.136 e. The minimum absolute atomic E-state index is 0.144. The second-order valence-corrected chi connectivity index (χ2v) is 10.4. The number of nitrogens with zero attached hydrogens (tertiary/aromatic N) is 2. The lowest BCUT2D eigenvalue weighted by atomic mass is 9.86. The van der Waals surface area contributed by atoms with E-state index in [1.54, 1.807) is 0 Å². The van der Waals surface area contributed by atoms with Gasteiger partial charge < -0.3 is 8.98 Å². The molecule has 0 amide bonds. The summed E-state index contributed by atoms with van der Waals surface area (Å²) in [5.74, 6) is 0.226. The number of rotatable bonds is 3. The van der Waals surface area contributed by atoms with Gasteiger partial charge in [0.1, 0.15) is 11.2 Å². The van der Waals surface area contributed by atoms with Crippen molar-refractivity contribution in [2.75, 3.05) is 0 Å². The summed E-state index contributed by atoms with van der Waals surface area (Å²) >= 11 is 0. The van der Waals surface area contributed by atoms with Crippen molar-refractivity contribution in [2.45, 2.75) is 13.0 Å². The molecule has 1 aliphatic carbocycles. The van der Waals surface area contributed by atoms with Crippen molar-refractivity contribution in [3.63, 3.8) is 0 Å². The molecule has 8 rings (SSSR count). The number of hydrogen-bond acceptors (Lipinski definition) is 2. The fourth-order valence-electron chi connectivity index (χ4n) is 6.31. The van der Waals surface area contributed by atoms with Crippen LogP contribution in [0, 0.1) is 5.92 Å². The standard InChI is InChI=1S/C36H26N2O/c1-23-25(31-17-10-16-30(37-31)24-11-3-2-4-12-24)15-9-19-32(23)38-33-18-7-5-13-26(33)28-22-36-29(21-34(28)38)27-14-6-8-20-35(27)39-36/h2-23,32H,1H3. The third-order valence-electron chi connectivity index (χ3n) is 8.21. The van der Waals surface area contributed by atoms with Crippen LogP contribution in [0.1, 0.15) is 18.7 Å². The molecule has 0 N–H and O–H groups in total. The Balaban J connectivity index is 1.30. The van der Waals surface area contributed by atoms with Gasteiger partial charge in [-0.05, 0) is 42.0 Å². The maximum absolute atomic E-state index is 6.27. The molecule has 2 unspecified atom stereocenters. The first kappa shape index (κ1) is 22.1. The van der Waals surface area contributed by atoms with Crippen LogP contribution in [-0.2, 0) is 0 Å². The molecule has 3 aromatic heterocycles. The Hall–Kier alpha value is -4.89. The molecule has 3 heteroatoms. The molecule has 0 fully saturated rings. The normalized spacial score (nSPS) is 17.4. The van der Waals surface area contributed by atoms with Gasteiger partial charge in [0.15, 0.2) is 0 Å². The number of allylic oxidation sites excluding steroid dienone is 4. The molecule has 0 saturated heterocycles. The Morgan fingerprint density at radius 2 is 1.41 bits per heavy atom. The topological polar surface area (TPSA) is 31.0 Å². The zero-order valence-electron chi connectivity index (χ0n) is 21.6. The van der Waals surface area contributed by atoms with Gasteiger partial charge in [0, 0.05) is 38.5 Å². The lowest BCUT2D eigenvalue weighted by Gasteiger charge is -2.29. The van der Waals surface area contributed by atoms with Crippen molar-refractivity contribution in [3.05, 3.63) is 133 Å². The van der Waals surface area contributed by atoms with Crippen LogP contribution in [-0.4, -0.2) is 9.55 Å². The van der Waals surface area contributed by atoms with Crippen molar-refractivity contribution < 1.29 is 4.42 Å². The van der Waals surface area contributed by atoms with E-state index in [0.29, 0.717) is 0 Å². The van der Waals surface area contributed by atoms with E-state index in [1.807, 2.05) is 18.2 Å². The van der Waals surface area contributed by atoms with E-state index in [9.17, 15) is 0 Å². The van der Waals surface area contributed by atoms with Crippen LogP contribution >= 0.6 is 0 Å². The third-order valence-corrected chi connectivity index (χ3v) is 8.21. The number of pyridine rings is 1. The predicted octanol–water partition coefficient (Wildman–Crippen LogP) is 9.59. The highest BCUT2D eigenvalue weighted by Gasteiger charge is 2.28. The van der Waals surface area contributed by atoms with E-state index < -0.39 is 0 Å². The van der Waals surface area contributed by atoms with Gasteiger partial charge in [-0.2, -0.15) is 0 Å². The number of benzene rings is 4. The SMILES string of the molecule is CC1C(c2cccc(-c3ccccc3)n2)=CC=CC1n1c2ccccc2c2cc3oc4ccccc4c3cc21. The number of aromatic nitrogens is 2. The number of para-hydroxylation sites is 2. The molecule has 0 radical (unpaired) electrons. The molecule has 2 atom stereocenters. The summed E-state index contributed by atoms with van der Waals surface area (Å²) in [5.41, 5.74) is 8.73. The van der Waals surface area contributed by atoms with Gasteiger partial charge in [-0.25, -0.2) is 4.98 Å². The molecule has 0 spiro atoms. The van der Waals surface area contributed by atoms with E-state index in [-0.39, 0.29) is 12.0 Å². The first-order chi connectivity index (χ1) is 19.3. The second-order valence-electron chi connectivity index (χ2n) is 10.4. The number of fused-ring (bicyclic) bond motifs is 6. The quantitative estimate of drug-likeness (QED) is 0.241. The van der Waals surface area contributed by atoms with Crippen LogP contribution < -0.4 is 0 Å². The lowest BCUT2D eigenvalue weighted by molar-refractivity contribution is 0.522. The summed E-state index contributed by atoms with van der Waals surface area (Å²) < 4.78 is 8.78. The fraction of sp³-hybridized carbons (Fsp3) is 0.0833. The van der Waals surface area contributed by atoms with E-state index in [0.717, 1.165) is 38.9 Å². The van der Waals surface area contributed by atoms with Gasteiger partial charge in [-0.1, -0.05) is 97.9 Å². The van der Waals surface area contributed by atoms with Crippen LogP contribution in [0.15, 0.2) is 132 Å². The van der Waals surface area contributed by atoms with Crippen molar-refractivity contribution in [2.24, 2.45) is 5.92 Å². The largest absolute Gasteiger partial charge is 0.456 e. The highest BCUT2D eigenvalue weighted by Crippen LogP contribution is 2.43. The maximum Gasteiger partial charge on any atom is 0.136 e. The molecule has 0 saturated carbocycles. The van der Waals surface area contributed by atoms with E-state index in [2.05, 4.69) is 121 Å². The first-order valence-electron chi connectivity index (χ1n) is 13.5. The Morgan fingerprint density at radius 3 is 2.31 bits per heavy atom. The zero-order chi connectivity index (χ0) is 25.9. The Kier molecular flexibility index (Phi) is 4.86. The Bertz CT molecular complexity index is 2090. The summed E-state index contributed by atoms with van der Waals surface area (Å²) in [5, 5.41) is 4.78. The average Bonchev–Trinajstić information content (AvgIpc) is 3.51. The molecule has 7 aromatic rings. The van der Waals surface area contributed by atoms with Crippen LogP contribution in [0.2, 0.25) is 0 Å². The minimum atomic E-state index is 0.144. The van der Waals surface area contributed by atoms with E-state index in [4.69, 9.17) is 9.40 Å². The third kappa shape index (κ3) is 3.40. The summed E-state index contributed by atoms with van der Waals surface area (Å²) in [6, 6.07) is 38.5. The monoisotopic (exact) mass is 502 g/mol. The van der Waals surface area contributed by atoms with Crippen molar-refractivity contribution in [1.29, 1.82) is 0 Å². The lowest BCUT2D eigenvalue weighted by Crippen LogP contribution is -2.19. The summed E-state index contributed by atoms with van der Waals surface area (Å²) in [6.07, 6.45) is 6.76. The van der Waals surface area contributed by atoms with Gasteiger partial charge in [0.05, 0.1) is 22.9 Å². The van der Waals surface area contributed by atoms with Crippen LogP contribution in [0.3, 0.4) is 0 Å². The van der Waals surface area contributed by atoms with Crippen LogP contribution in [0.5, 0.6) is 0 Å². The summed E-state index contributed by atoms with van der Waals surface area (Å²) in [7, 11) is 0. The zero-order valence-corrected chi connectivity index (χ0v) is 21.6. The van der Waals surface area contributed by atoms with E-state index >= 15 is 0 Å². The Morgan fingerprint density at radius 1 is 0.641 bits per heavy atom. The van der Waals surface area contributed by atoms with E-state index in [1.165, 1.54) is 27.4 Å². The summed E-state index contributed by atoms with van der Waals surface area (Å²) in [4.78, 5) is 5.10. The van der Waals surface area contributed by atoms with Gasteiger partial charge in [0.2, 0.25) is 0 Å². The fourth-order valence-corrected chi connectivity index (χ4v) is 6.31. The summed E-state index contributed by atoms with van der Waals surface area (Å²) in [6.45, 7) is 2.32. The van der Waals surface area contributed by atoms with Gasteiger partial charge in [-0.3, -0.25) is 0 Å². The van der Waals surface area contributed by atoms with Crippen molar-refractivity contribution in [1.82, 2.24) is 9.55 Å². The first-order valence-corrected chi connectivity index (χ1v) is 13.5. The van der Waals surface area contributed by atoms with Crippen LogP contribution in [0.4, 0.5) is 0 Å². The highest BCUT2D eigenvalue weighted by atomic mass is 16.3. The molecule has 0 aliphatic heterocycles. The maximum atomic E-state index is 6.27. The molecule has 186 valence electrons. The van der Waals surface area contributed by atoms with Crippen molar-refractivity contribution >= 4 is 49.3 Å². The molecule has 4 aromatic carbocycles. The number of hydrogen-bond donors (Lipinski definition) is 0. The molecular weight excluding hydrogens is 476 g/mol. The van der Waals surface area contributed by atoms with Gasteiger partial charge in [-0.15, -0.1) is 0 Å². The number of furan rings is 1. The second kappa shape index (κ2) is 8.57. The molecule has 3 nitrogen and oxygen atoms in total. The van der Waals surface area contributed by atoms with Crippen molar-refractivity contribution in [3.8, 4) is 11.3 Å². The molecule has 1 aliphatic rings.